The molecule has 0 bridgehead atoms. The third-order valence-corrected chi connectivity index (χ3v) is 5.99. The van der Waals surface area contributed by atoms with Crippen LogP contribution < -0.4 is 10.6 Å². The molecule has 31 heavy (non-hydrogen) atoms. The SMILES string of the molecule is CCc1nncn1CCNC(=NCC(c1ccco1)N1CCCCC1)NCCSC.I. The summed E-state index contributed by atoms with van der Waals surface area (Å²) < 4.78 is 7.85. The Bertz CT molecular complexity index is 747. The summed E-state index contributed by atoms with van der Waals surface area (Å²) in [4.78, 5) is 7.44. The number of hydrogen-bond acceptors (Lipinski definition) is 6. The van der Waals surface area contributed by atoms with Gasteiger partial charge in [0.2, 0.25) is 0 Å². The first-order chi connectivity index (χ1) is 14.8. The topological polar surface area (TPSA) is 83.5 Å². The summed E-state index contributed by atoms with van der Waals surface area (Å²) >= 11 is 1.83. The summed E-state index contributed by atoms with van der Waals surface area (Å²) in [5.74, 6) is 3.90. The quantitative estimate of drug-likeness (QED) is 0.189. The maximum absolute atomic E-state index is 5.76. The average Bonchev–Trinajstić information content (AvgIpc) is 3.46. The smallest absolute Gasteiger partial charge is 0.191 e. The van der Waals surface area contributed by atoms with Gasteiger partial charge >= 0.3 is 0 Å². The van der Waals surface area contributed by atoms with E-state index >= 15 is 0 Å². The van der Waals surface area contributed by atoms with Gasteiger partial charge in [-0.1, -0.05) is 13.3 Å². The van der Waals surface area contributed by atoms with Crippen LogP contribution in [0.2, 0.25) is 0 Å². The number of aryl methyl sites for hydroxylation is 1. The molecule has 2 N–H and O–H groups in total. The van der Waals surface area contributed by atoms with Crippen molar-refractivity contribution in [2.45, 2.75) is 45.2 Å². The van der Waals surface area contributed by atoms with Crippen molar-refractivity contribution in [1.82, 2.24) is 30.3 Å². The molecular weight excluding hydrogens is 525 g/mol. The third kappa shape index (κ3) is 8.30. The number of nitrogens with zero attached hydrogens (tertiary/aromatic N) is 5. The molecule has 2 aromatic heterocycles. The molecular formula is C21H36IN7OS. The molecule has 174 valence electrons. The Morgan fingerprint density at radius 1 is 1.26 bits per heavy atom. The van der Waals surface area contributed by atoms with E-state index in [1.165, 1.54) is 19.3 Å². The number of piperidine rings is 1. The van der Waals surface area contributed by atoms with E-state index in [1.54, 1.807) is 12.6 Å². The van der Waals surface area contributed by atoms with Crippen LogP contribution in [0, 0.1) is 0 Å². The fourth-order valence-electron chi connectivity index (χ4n) is 3.75. The summed E-state index contributed by atoms with van der Waals surface area (Å²) in [6.45, 7) is 7.45. The highest BCUT2D eigenvalue weighted by atomic mass is 127. The fraction of sp³-hybridized carbons (Fsp3) is 0.667. The first kappa shape index (κ1) is 26.0. The predicted octanol–water partition coefficient (Wildman–Crippen LogP) is 3.18. The highest BCUT2D eigenvalue weighted by Crippen LogP contribution is 2.25. The molecule has 3 rings (SSSR count). The molecule has 1 unspecified atom stereocenters. The molecule has 10 heteroatoms. The third-order valence-electron chi connectivity index (χ3n) is 5.38. The van der Waals surface area contributed by atoms with Crippen molar-refractivity contribution >= 4 is 41.7 Å². The summed E-state index contributed by atoms with van der Waals surface area (Å²) in [5, 5.41) is 15.1. The lowest BCUT2D eigenvalue weighted by atomic mass is 10.1. The number of aliphatic imine (C=N–C) groups is 1. The van der Waals surface area contributed by atoms with E-state index in [-0.39, 0.29) is 30.0 Å². The van der Waals surface area contributed by atoms with E-state index in [0.717, 1.165) is 62.4 Å². The number of furan rings is 1. The van der Waals surface area contributed by atoms with Crippen molar-refractivity contribution in [1.29, 1.82) is 0 Å². The Labute approximate surface area is 207 Å². The molecule has 1 atom stereocenters. The van der Waals surface area contributed by atoms with Gasteiger partial charge in [-0.3, -0.25) is 9.89 Å². The minimum atomic E-state index is 0. The number of guanidine groups is 1. The minimum absolute atomic E-state index is 0. The molecule has 0 spiro atoms. The summed E-state index contributed by atoms with van der Waals surface area (Å²) in [6.07, 6.45) is 10.4. The Morgan fingerprint density at radius 3 is 2.77 bits per heavy atom. The van der Waals surface area contributed by atoms with Gasteiger partial charge in [0, 0.05) is 31.8 Å². The average molecular weight is 562 g/mol. The lowest BCUT2D eigenvalue weighted by Gasteiger charge is -2.32. The monoisotopic (exact) mass is 561 g/mol. The Kier molecular flexibility index (Phi) is 12.3. The van der Waals surface area contributed by atoms with Gasteiger partial charge < -0.3 is 19.6 Å². The van der Waals surface area contributed by atoms with E-state index in [4.69, 9.17) is 9.41 Å². The second-order valence-electron chi connectivity index (χ2n) is 7.46. The molecule has 0 aliphatic carbocycles. The van der Waals surface area contributed by atoms with Crippen LogP contribution in [0.5, 0.6) is 0 Å². The number of nitrogens with one attached hydrogen (secondary N) is 2. The molecule has 3 heterocycles. The number of hydrogen-bond donors (Lipinski definition) is 2. The van der Waals surface area contributed by atoms with Crippen molar-refractivity contribution < 1.29 is 4.42 Å². The van der Waals surface area contributed by atoms with Crippen LogP contribution in [0.25, 0.3) is 0 Å². The molecule has 2 aromatic rings. The Balaban J connectivity index is 0.00000341. The second-order valence-corrected chi connectivity index (χ2v) is 8.44. The van der Waals surface area contributed by atoms with Crippen LogP contribution >= 0.6 is 35.7 Å². The summed E-state index contributed by atoms with van der Waals surface area (Å²) in [7, 11) is 0. The lowest BCUT2D eigenvalue weighted by molar-refractivity contribution is 0.150. The van der Waals surface area contributed by atoms with E-state index in [0.29, 0.717) is 6.54 Å². The molecule has 0 aromatic carbocycles. The zero-order chi connectivity index (χ0) is 21.0. The molecule has 1 fully saturated rings. The van der Waals surface area contributed by atoms with Gasteiger partial charge in [-0.15, -0.1) is 34.2 Å². The first-order valence-electron chi connectivity index (χ1n) is 11.0. The van der Waals surface area contributed by atoms with Gasteiger partial charge in [0.15, 0.2) is 5.96 Å². The minimum Gasteiger partial charge on any atom is -0.468 e. The lowest BCUT2D eigenvalue weighted by Crippen LogP contribution is -2.41. The zero-order valence-corrected chi connectivity index (χ0v) is 21.8. The summed E-state index contributed by atoms with van der Waals surface area (Å²) in [6, 6.07) is 4.22. The molecule has 1 aliphatic rings. The van der Waals surface area contributed by atoms with Gasteiger partial charge in [-0.2, -0.15) is 11.8 Å². The van der Waals surface area contributed by atoms with Gasteiger partial charge in [-0.25, -0.2) is 0 Å². The number of rotatable bonds is 11. The standard InChI is InChI=1S/C21H35N7OS.HI/c1-3-20-26-25-17-28(20)13-9-22-21(23-10-15-30-2)24-16-18(19-8-7-14-29-19)27-11-5-4-6-12-27;/h7-8,14,17-18H,3-6,9-13,15-16H2,1-2H3,(H2,22,23,24);1H. The van der Waals surface area contributed by atoms with E-state index in [9.17, 15) is 0 Å². The maximum atomic E-state index is 5.76. The Morgan fingerprint density at radius 2 is 2.06 bits per heavy atom. The van der Waals surface area contributed by atoms with Crippen molar-refractivity contribution in [3.63, 3.8) is 0 Å². The predicted molar refractivity (Wildman–Crippen MR) is 138 cm³/mol. The molecule has 8 nitrogen and oxygen atoms in total. The van der Waals surface area contributed by atoms with Crippen LogP contribution in [0.15, 0.2) is 34.1 Å². The van der Waals surface area contributed by atoms with Gasteiger partial charge in [0.1, 0.15) is 17.9 Å². The van der Waals surface area contributed by atoms with Crippen LogP contribution in [-0.4, -0.2) is 70.4 Å². The number of aromatic nitrogens is 3. The maximum Gasteiger partial charge on any atom is 0.191 e. The highest BCUT2D eigenvalue weighted by Gasteiger charge is 2.24. The van der Waals surface area contributed by atoms with Gasteiger partial charge in [0.25, 0.3) is 0 Å². The second kappa shape index (κ2) is 14.7. The molecule has 0 saturated carbocycles. The van der Waals surface area contributed by atoms with Crippen LogP contribution in [0.3, 0.4) is 0 Å². The molecule has 1 aliphatic heterocycles. The number of halogens is 1. The van der Waals surface area contributed by atoms with E-state index in [1.807, 2.05) is 17.8 Å². The van der Waals surface area contributed by atoms with Crippen LogP contribution in [0.1, 0.15) is 43.8 Å². The van der Waals surface area contributed by atoms with Crippen molar-refractivity contribution in [3.8, 4) is 0 Å². The molecule has 1 saturated heterocycles. The highest BCUT2D eigenvalue weighted by molar-refractivity contribution is 14.0. The molecule has 0 amide bonds. The van der Waals surface area contributed by atoms with E-state index in [2.05, 4.69) is 49.5 Å². The zero-order valence-electron chi connectivity index (χ0n) is 18.6. The fourth-order valence-corrected chi connectivity index (χ4v) is 4.06. The number of thioether (sulfide) groups is 1. The van der Waals surface area contributed by atoms with Gasteiger partial charge in [0.05, 0.1) is 18.8 Å². The van der Waals surface area contributed by atoms with Crippen molar-refractivity contribution in [3.05, 3.63) is 36.3 Å². The Hall–Kier alpha value is -1.27. The number of likely N-dealkylation sites (tertiary alicyclic amines) is 1. The van der Waals surface area contributed by atoms with Crippen molar-refractivity contribution in [2.75, 3.05) is 44.7 Å². The van der Waals surface area contributed by atoms with E-state index < -0.39 is 0 Å². The van der Waals surface area contributed by atoms with Gasteiger partial charge in [-0.05, 0) is 44.3 Å². The van der Waals surface area contributed by atoms with Crippen molar-refractivity contribution in [2.24, 2.45) is 4.99 Å². The first-order valence-corrected chi connectivity index (χ1v) is 12.4. The molecule has 0 radical (unpaired) electrons. The summed E-state index contributed by atoms with van der Waals surface area (Å²) in [5.41, 5.74) is 0. The van der Waals surface area contributed by atoms with Crippen LogP contribution in [-0.2, 0) is 13.0 Å². The van der Waals surface area contributed by atoms with Crippen LogP contribution in [0.4, 0.5) is 0 Å². The normalized spacial score (nSPS) is 16.0. The largest absolute Gasteiger partial charge is 0.468 e.